The molecule has 2 rings (SSSR count). The number of halogens is 1. The lowest BCUT2D eigenvalue weighted by Crippen LogP contribution is -2.36. The Balaban J connectivity index is 2.15. The third-order valence-corrected chi connectivity index (χ3v) is 3.89. The molecule has 0 saturated carbocycles. The third kappa shape index (κ3) is 3.16. The van der Waals surface area contributed by atoms with Gasteiger partial charge in [0.25, 0.3) is 0 Å². The Labute approximate surface area is 114 Å². The van der Waals surface area contributed by atoms with Crippen LogP contribution in [0, 0.1) is 5.92 Å². The van der Waals surface area contributed by atoms with Gasteiger partial charge in [0.2, 0.25) is 0 Å². The van der Waals surface area contributed by atoms with E-state index < -0.39 is 0 Å². The largest absolute Gasteiger partial charge is 0.396 e. The van der Waals surface area contributed by atoms with Crippen LogP contribution < -0.4 is 10.6 Å². The highest BCUT2D eigenvalue weighted by Gasteiger charge is 2.21. The van der Waals surface area contributed by atoms with Crippen molar-refractivity contribution < 1.29 is 5.11 Å². The van der Waals surface area contributed by atoms with E-state index in [0.29, 0.717) is 12.5 Å². The summed E-state index contributed by atoms with van der Waals surface area (Å²) in [6.07, 6.45) is 3.28. The van der Waals surface area contributed by atoms with Crippen LogP contribution in [-0.4, -0.2) is 24.8 Å². The van der Waals surface area contributed by atoms with E-state index in [9.17, 15) is 0 Å². The normalized spacial score (nSPS) is 20.2. The molecule has 0 aliphatic carbocycles. The molecule has 100 valence electrons. The zero-order chi connectivity index (χ0) is 13.0. The van der Waals surface area contributed by atoms with Crippen molar-refractivity contribution in [2.45, 2.75) is 25.8 Å². The summed E-state index contributed by atoms with van der Waals surface area (Å²) < 4.78 is 0. The lowest BCUT2D eigenvalue weighted by molar-refractivity contribution is 0.244. The molecule has 1 aromatic carbocycles. The van der Waals surface area contributed by atoms with Crippen LogP contribution in [0.3, 0.4) is 0 Å². The molecule has 1 atom stereocenters. The molecule has 1 unspecified atom stereocenters. The molecule has 0 bridgehead atoms. The molecule has 0 radical (unpaired) electrons. The first-order chi connectivity index (χ1) is 8.74. The summed E-state index contributed by atoms with van der Waals surface area (Å²) in [6.45, 7) is 2.87. The molecule has 1 aromatic rings. The molecular weight excluding hydrogens is 248 g/mol. The summed E-state index contributed by atoms with van der Waals surface area (Å²) in [4.78, 5) is 2.38. The van der Waals surface area contributed by atoms with Crippen LogP contribution in [0.2, 0.25) is 5.02 Å². The Morgan fingerprint density at radius 3 is 3.00 bits per heavy atom. The van der Waals surface area contributed by atoms with Crippen molar-refractivity contribution in [3.8, 4) is 0 Å². The molecule has 1 saturated heterocycles. The van der Waals surface area contributed by atoms with E-state index >= 15 is 0 Å². The van der Waals surface area contributed by atoms with Gasteiger partial charge in [-0.2, -0.15) is 0 Å². The SMILES string of the molecule is NCc1cc(Cl)ccc1N1CCCC(CCO)C1. The van der Waals surface area contributed by atoms with Gasteiger partial charge in [0.15, 0.2) is 0 Å². The lowest BCUT2D eigenvalue weighted by atomic mass is 9.94. The first-order valence-electron chi connectivity index (χ1n) is 6.59. The number of anilines is 1. The van der Waals surface area contributed by atoms with Crippen LogP contribution in [0.15, 0.2) is 18.2 Å². The highest BCUT2D eigenvalue weighted by molar-refractivity contribution is 6.30. The van der Waals surface area contributed by atoms with Gasteiger partial charge in [-0.05, 0) is 48.9 Å². The first kappa shape index (κ1) is 13.7. The van der Waals surface area contributed by atoms with Gasteiger partial charge in [-0.25, -0.2) is 0 Å². The second-order valence-corrected chi connectivity index (χ2v) is 5.38. The zero-order valence-electron chi connectivity index (χ0n) is 10.6. The van der Waals surface area contributed by atoms with Crippen LogP contribution in [0.5, 0.6) is 0 Å². The Kier molecular flexibility index (Phi) is 4.87. The zero-order valence-corrected chi connectivity index (χ0v) is 11.4. The van der Waals surface area contributed by atoms with Gasteiger partial charge in [0.05, 0.1) is 0 Å². The minimum Gasteiger partial charge on any atom is -0.396 e. The molecule has 3 nitrogen and oxygen atoms in total. The summed E-state index contributed by atoms with van der Waals surface area (Å²) in [7, 11) is 0. The number of hydrogen-bond donors (Lipinski definition) is 2. The molecule has 0 spiro atoms. The molecule has 4 heteroatoms. The van der Waals surface area contributed by atoms with E-state index in [1.807, 2.05) is 12.1 Å². The number of hydrogen-bond acceptors (Lipinski definition) is 3. The number of rotatable bonds is 4. The van der Waals surface area contributed by atoms with Gasteiger partial charge in [0, 0.05) is 37.0 Å². The summed E-state index contributed by atoms with van der Waals surface area (Å²) in [6, 6.07) is 5.93. The number of nitrogens with zero attached hydrogens (tertiary/aromatic N) is 1. The molecule has 1 aliphatic rings. The van der Waals surface area contributed by atoms with Crippen LogP contribution in [0.25, 0.3) is 0 Å². The van der Waals surface area contributed by atoms with Gasteiger partial charge in [-0.1, -0.05) is 11.6 Å². The van der Waals surface area contributed by atoms with E-state index in [0.717, 1.165) is 30.1 Å². The van der Waals surface area contributed by atoms with Crippen molar-refractivity contribution in [1.29, 1.82) is 0 Å². The van der Waals surface area contributed by atoms with E-state index in [-0.39, 0.29) is 6.61 Å². The standard InChI is InChI=1S/C14H21ClN2O/c15-13-3-4-14(12(8-13)9-16)17-6-1-2-11(10-17)5-7-18/h3-4,8,11,18H,1-2,5-7,9-10,16H2. The summed E-state index contributed by atoms with van der Waals surface area (Å²) in [5.74, 6) is 0.588. The fourth-order valence-electron chi connectivity index (χ4n) is 2.73. The Morgan fingerprint density at radius 1 is 1.44 bits per heavy atom. The van der Waals surface area contributed by atoms with Crippen molar-refractivity contribution in [2.24, 2.45) is 11.7 Å². The Hall–Kier alpha value is -0.770. The highest BCUT2D eigenvalue weighted by atomic mass is 35.5. The second kappa shape index (κ2) is 6.41. The van der Waals surface area contributed by atoms with Gasteiger partial charge in [0.1, 0.15) is 0 Å². The van der Waals surface area contributed by atoms with Gasteiger partial charge in [-0.15, -0.1) is 0 Å². The minimum atomic E-state index is 0.281. The molecular formula is C14H21ClN2O. The summed E-state index contributed by atoms with van der Waals surface area (Å²) in [5.41, 5.74) is 8.10. The first-order valence-corrected chi connectivity index (χ1v) is 6.96. The van der Waals surface area contributed by atoms with Crippen molar-refractivity contribution in [1.82, 2.24) is 0 Å². The van der Waals surface area contributed by atoms with Gasteiger partial charge < -0.3 is 15.7 Å². The number of aliphatic hydroxyl groups is 1. The van der Waals surface area contributed by atoms with Crippen molar-refractivity contribution >= 4 is 17.3 Å². The molecule has 0 amide bonds. The second-order valence-electron chi connectivity index (χ2n) is 4.94. The predicted octanol–water partition coefficient (Wildman–Crippen LogP) is 2.40. The summed E-state index contributed by atoms with van der Waals surface area (Å²) >= 11 is 6.01. The Bertz CT molecular complexity index is 395. The predicted molar refractivity (Wildman–Crippen MR) is 76.0 cm³/mol. The number of aliphatic hydroxyl groups excluding tert-OH is 1. The molecule has 1 fully saturated rings. The fourth-order valence-corrected chi connectivity index (χ4v) is 2.92. The van der Waals surface area contributed by atoms with Crippen LogP contribution in [0.4, 0.5) is 5.69 Å². The molecule has 1 heterocycles. The fraction of sp³-hybridized carbons (Fsp3) is 0.571. The lowest BCUT2D eigenvalue weighted by Gasteiger charge is -2.35. The monoisotopic (exact) mass is 268 g/mol. The van der Waals surface area contributed by atoms with Gasteiger partial charge in [-0.3, -0.25) is 0 Å². The molecule has 18 heavy (non-hydrogen) atoms. The van der Waals surface area contributed by atoms with Crippen molar-refractivity contribution in [3.05, 3.63) is 28.8 Å². The molecule has 0 aromatic heterocycles. The number of piperidine rings is 1. The van der Waals surface area contributed by atoms with Crippen molar-refractivity contribution in [3.63, 3.8) is 0 Å². The third-order valence-electron chi connectivity index (χ3n) is 3.66. The van der Waals surface area contributed by atoms with Gasteiger partial charge >= 0.3 is 0 Å². The average molecular weight is 269 g/mol. The maximum Gasteiger partial charge on any atom is 0.0434 e. The van der Waals surface area contributed by atoms with E-state index in [2.05, 4.69) is 11.0 Å². The molecule has 3 N–H and O–H groups in total. The van der Waals surface area contributed by atoms with Crippen LogP contribution >= 0.6 is 11.6 Å². The number of nitrogens with two attached hydrogens (primary N) is 1. The van der Waals surface area contributed by atoms with E-state index in [1.54, 1.807) is 0 Å². The number of benzene rings is 1. The molecule has 1 aliphatic heterocycles. The summed E-state index contributed by atoms with van der Waals surface area (Å²) in [5, 5.41) is 9.80. The minimum absolute atomic E-state index is 0.281. The van der Waals surface area contributed by atoms with E-state index in [1.165, 1.54) is 18.5 Å². The maximum absolute atomic E-state index is 9.06. The highest BCUT2D eigenvalue weighted by Crippen LogP contribution is 2.29. The quantitative estimate of drug-likeness (QED) is 0.882. The van der Waals surface area contributed by atoms with Crippen molar-refractivity contribution in [2.75, 3.05) is 24.6 Å². The maximum atomic E-state index is 9.06. The topological polar surface area (TPSA) is 49.5 Å². The smallest absolute Gasteiger partial charge is 0.0434 e. The Morgan fingerprint density at radius 2 is 2.28 bits per heavy atom. The average Bonchev–Trinajstić information content (AvgIpc) is 2.39. The van der Waals surface area contributed by atoms with E-state index in [4.69, 9.17) is 22.4 Å². The van der Waals surface area contributed by atoms with Crippen LogP contribution in [0.1, 0.15) is 24.8 Å². The van der Waals surface area contributed by atoms with Crippen LogP contribution in [-0.2, 0) is 6.54 Å².